The summed E-state index contributed by atoms with van der Waals surface area (Å²) in [7, 11) is 0. The van der Waals surface area contributed by atoms with E-state index in [-0.39, 0.29) is 23.7 Å². The molecular weight excluding hydrogens is 256 g/mol. The summed E-state index contributed by atoms with van der Waals surface area (Å²) >= 11 is 0. The van der Waals surface area contributed by atoms with Crippen LogP contribution in [0, 0.1) is 10.1 Å². The highest BCUT2D eigenvalue weighted by Gasteiger charge is 2.23. The molecule has 1 amide bonds. The zero-order chi connectivity index (χ0) is 14.4. The van der Waals surface area contributed by atoms with E-state index in [1.165, 1.54) is 6.07 Å². The van der Waals surface area contributed by atoms with Gasteiger partial charge in [0.2, 0.25) is 5.75 Å². The number of primary amides is 1. The molecule has 0 spiro atoms. The molecule has 0 aliphatic heterocycles. The van der Waals surface area contributed by atoms with E-state index in [4.69, 9.17) is 15.2 Å². The molecule has 2 N–H and O–H groups in total. The van der Waals surface area contributed by atoms with Crippen LogP contribution in [-0.2, 0) is 4.79 Å². The predicted molar refractivity (Wildman–Crippen MR) is 64.3 cm³/mol. The van der Waals surface area contributed by atoms with Crippen LogP contribution in [0.5, 0.6) is 11.5 Å². The van der Waals surface area contributed by atoms with Gasteiger partial charge in [0.25, 0.3) is 5.91 Å². The number of carbonyl (C=O) groups excluding carboxylic acids is 2. The number of rotatable bonds is 7. The number of amides is 1. The highest BCUT2D eigenvalue weighted by Crippen LogP contribution is 2.38. The lowest BCUT2D eigenvalue weighted by molar-refractivity contribution is -0.385. The minimum absolute atomic E-state index is 0.0139. The van der Waals surface area contributed by atoms with Gasteiger partial charge < -0.3 is 15.2 Å². The molecule has 0 saturated heterocycles. The van der Waals surface area contributed by atoms with Gasteiger partial charge in [0.15, 0.2) is 12.4 Å². The maximum Gasteiger partial charge on any atom is 0.315 e. The molecule has 8 nitrogen and oxygen atoms in total. The number of aldehydes is 1. The molecule has 0 atom stereocenters. The molecule has 0 fully saturated rings. The van der Waals surface area contributed by atoms with E-state index >= 15 is 0 Å². The van der Waals surface area contributed by atoms with Crippen LogP contribution in [0.1, 0.15) is 17.3 Å². The quantitative estimate of drug-likeness (QED) is 0.440. The summed E-state index contributed by atoms with van der Waals surface area (Å²) in [5, 5.41) is 10.9. The molecule has 1 aromatic carbocycles. The largest absolute Gasteiger partial charge is 0.490 e. The van der Waals surface area contributed by atoms with Gasteiger partial charge in [-0.15, -0.1) is 0 Å². The average Bonchev–Trinajstić information content (AvgIpc) is 2.36. The first-order valence-electron chi connectivity index (χ1n) is 5.31. The Morgan fingerprint density at radius 3 is 2.63 bits per heavy atom. The van der Waals surface area contributed by atoms with Crippen LogP contribution in [0.15, 0.2) is 12.1 Å². The molecule has 0 bridgehead atoms. The number of hydrogen-bond donors (Lipinski definition) is 1. The van der Waals surface area contributed by atoms with E-state index in [2.05, 4.69) is 0 Å². The molecule has 1 aromatic rings. The minimum atomic E-state index is -0.781. The van der Waals surface area contributed by atoms with Gasteiger partial charge in [0.05, 0.1) is 11.5 Å². The van der Waals surface area contributed by atoms with E-state index in [1.54, 1.807) is 6.92 Å². The summed E-state index contributed by atoms with van der Waals surface area (Å²) in [4.78, 5) is 31.6. The van der Waals surface area contributed by atoms with E-state index in [0.29, 0.717) is 6.29 Å². The highest BCUT2D eigenvalue weighted by atomic mass is 16.6. The van der Waals surface area contributed by atoms with Gasteiger partial charge in [-0.1, -0.05) is 0 Å². The van der Waals surface area contributed by atoms with Crippen molar-refractivity contribution in [1.82, 2.24) is 0 Å². The maximum absolute atomic E-state index is 10.9. The van der Waals surface area contributed by atoms with Gasteiger partial charge in [0.1, 0.15) is 6.29 Å². The predicted octanol–water partition coefficient (Wildman–Crippen LogP) is 0.670. The first kappa shape index (κ1) is 14.4. The third-order valence-electron chi connectivity index (χ3n) is 2.05. The van der Waals surface area contributed by atoms with Crippen LogP contribution in [0.3, 0.4) is 0 Å². The van der Waals surface area contributed by atoms with E-state index in [9.17, 15) is 19.7 Å². The molecule has 0 saturated carbocycles. The lowest BCUT2D eigenvalue weighted by Crippen LogP contribution is -2.20. The van der Waals surface area contributed by atoms with Crippen molar-refractivity contribution in [2.24, 2.45) is 5.73 Å². The van der Waals surface area contributed by atoms with Gasteiger partial charge in [0, 0.05) is 11.6 Å². The number of hydrogen-bond acceptors (Lipinski definition) is 6. The van der Waals surface area contributed by atoms with Gasteiger partial charge in [-0.25, -0.2) is 0 Å². The molecule has 0 aliphatic rings. The lowest BCUT2D eigenvalue weighted by Gasteiger charge is -2.11. The fraction of sp³-hybridized carbons (Fsp3) is 0.273. The van der Waals surface area contributed by atoms with Crippen molar-refractivity contribution in [2.75, 3.05) is 13.2 Å². The first-order chi connectivity index (χ1) is 8.99. The molecule has 8 heteroatoms. The number of nitrogens with zero attached hydrogens (tertiary/aromatic N) is 1. The van der Waals surface area contributed by atoms with Crippen molar-refractivity contribution in [3.63, 3.8) is 0 Å². The third kappa shape index (κ3) is 3.66. The van der Waals surface area contributed by atoms with Gasteiger partial charge in [-0.05, 0) is 13.0 Å². The molecule has 0 aromatic heterocycles. The van der Waals surface area contributed by atoms with Gasteiger partial charge >= 0.3 is 5.69 Å². The van der Waals surface area contributed by atoms with Gasteiger partial charge in [-0.3, -0.25) is 19.7 Å². The zero-order valence-corrected chi connectivity index (χ0v) is 10.1. The Labute approximate surface area is 108 Å². The molecule has 102 valence electrons. The second-order valence-electron chi connectivity index (χ2n) is 3.43. The Morgan fingerprint density at radius 1 is 1.47 bits per heavy atom. The summed E-state index contributed by atoms with van der Waals surface area (Å²) in [5.74, 6) is -0.993. The lowest BCUT2D eigenvalue weighted by atomic mass is 10.2. The van der Waals surface area contributed by atoms with E-state index in [1.807, 2.05) is 0 Å². The number of nitro benzene ring substituents is 1. The Hall–Kier alpha value is -2.64. The molecule has 0 unspecified atom stereocenters. The number of nitrogens with two attached hydrogens (primary N) is 1. The molecule has 0 aliphatic carbocycles. The van der Waals surface area contributed by atoms with Crippen molar-refractivity contribution in [3.05, 3.63) is 27.8 Å². The Bertz CT molecular complexity index is 514. The van der Waals surface area contributed by atoms with E-state index in [0.717, 1.165) is 6.07 Å². The summed E-state index contributed by atoms with van der Waals surface area (Å²) in [5.41, 5.74) is 4.52. The van der Waals surface area contributed by atoms with Crippen molar-refractivity contribution < 1.29 is 24.0 Å². The number of ether oxygens (including phenoxy) is 2. The first-order valence-corrected chi connectivity index (χ1v) is 5.31. The number of nitro groups is 1. The topological polar surface area (TPSA) is 122 Å². The fourth-order valence-electron chi connectivity index (χ4n) is 1.36. The Morgan fingerprint density at radius 2 is 2.16 bits per heavy atom. The molecule has 0 radical (unpaired) electrons. The van der Waals surface area contributed by atoms with Crippen molar-refractivity contribution in [1.29, 1.82) is 0 Å². The zero-order valence-electron chi connectivity index (χ0n) is 10.1. The standard InChI is InChI=1S/C11H12N2O6/c1-2-18-9-4-7(5-14)3-8(13(16)17)11(9)19-6-10(12)15/h3-5H,2,6H2,1H3,(H2,12,15). The minimum Gasteiger partial charge on any atom is -0.490 e. The summed E-state index contributed by atoms with van der Waals surface area (Å²) in [6, 6.07) is 2.33. The smallest absolute Gasteiger partial charge is 0.315 e. The summed E-state index contributed by atoms with van der Waals surface area (Å²) < 4.78 is 10.1. The Balaban J connectivity index is 3.30. The summed E-state index contributed by atoms with van der Waals surface area (Å²) in [6.07, 6.45) is 0.452. The van der Waals surface area contributed by atoms with Crippen LogP contribution in [0.4, 0.5) is 5.69 Å². The second-order valence-corrected chi connectivity index (χ2v) is 3.43. The van der Waals surface area contributed by atoms with Crippen molar-refractivity contribution in [2.45, 2.75) is 6.92 Å². The number of carbonyl (C=O) groups is 2. The SMILES string of the molecule is CCOc1cc(C=O)cc([N+](=O)[O-])c1OCC(N)=O. The molecule has 0 heterocycles. The van der Waals surface area contributed by atoms with Crippen LogP contribution < -0.4 is 15.2 Å². The van der Waals surface area contributed by atoms with Gasteiger partial charge in [-0.2, -0.15) is 0 Å². The maximum atomic E-state index is 10.9. The van der Waals surface area contributed by atoms with Crippen LogP contribution in [0.2, 0.25) is 0 Å². The van der Waals surface area contributed by atoms with Crippen LogP contribution in [0.25, 0.3) is 0 Å². The monoisotopic (exact) mass is 268 g/mol. The van der Waals surface area contributed by atoms with Crippen molar-refractivity contribution in [3.8, 4) is 11.5 Å². The van der Waals surface area contributed by atoms with E-state index < -0.39 is 23.1 Å². The average molecular weight is 268 g/mol. The van der Waals surface area contributed by atoms with Crippen LogP contribution >= 0.6 is 0 Å². The second kappa shape index (κ2) is 6.34. The third-order valence-corrected chi connectivity index (χ3v) is 2.05. The fourth-order valence-corrected chi connectivity index (χ4v) is 1.36. The molecular formula is C11H12N2O6. The number of benzene rings is 1. The normalized spacial score (nSPS) is 9.74. The van der Waals surface area contributed by atoms with Crippen molar-refractivity contribution >= 4 is 17.9 Å². The Kier molecular flexibility index (Phi) is 4.81. The van der Waals surface area contributed by atoms with Crippen LogP contribution in [-0.4, -0.2) is 30.3 Å². The molecule has 1 rings (SSSR count). The summed E-state index contributed by atoms with van der Waals surface area (Å²) in [6.45, 7) is 1.35. The highest BCUT2D eigenvalue weighted by molar-refractivity contribution is 5.80. The molecule has 19 heavy (non-hydrogen) atoms.